The van der Waals surface area contributed by atoms with Gasteiger partial charge >= 0.3 is 5.97 Å². The maximum Gasteiger partial charge on any atom is 0.302 e. The van der Waals surface area contributed by atoms with Crippen molar-refractivity contribution in [1.29, 1.82) is 0 Å². The monoisotopic (exact) mass is 358 g/mol. The van der Waals surface area contributed by atoms with Crippen LogP contribution in [-0.2, 0) is 14.3 Å². The van der Waals surface area contributed by atoms with Crippen molar-refractivity contribution in [2.75, 3.05) is 0 Å². The summed E-state index contributed by atoms with van der Waals surface area (Å²) in [7, 11) is 0. The van der Waals surface area contributed by atoms with Gasteiger partial charge in [0.1, 0.15) is 11.9 Å². The molecule has 0 bridgehead atoms. The first kappa shape index (κ1) is 18.3. The van der Waals surface area contributed by atoms with Crippen molar-refractivity contribution in [3.05, 3.63) is 11.6 Å². The van der Waals surface area contributed by atoms with Crippen molar-refractivity contribution in [3.8, 4) is 0 Å². The highest BCUT2D eigenvalue weighted by atomic mass is 16.5. The van der Waals surface area contributed by atoms with E-state index in [4.69, 9.17) is 4.74 Å². The van der Waals surface area contributed by atoms with E-state index >= 15 is 0 Å². The van der Waals surface area contributed by atoms with E-state index in [1.165, 1.54) is 38.2 Å². The smallest absolute Gasteiger partial charge is 0.302 e. The summed E-state index contributed by atoms with van der Waals surface area (Å²) in [5.41, 5.74) is 1.75. The van der Waals surface area contributed by atoms with E-state index in [1.54, 1.807) is 0 Å². The second-order valence-corrected chi connectivity index (χ2v) is 9.95. The number of Topliss-reactive ketones (excluding diaryl/α,β-unsaturated/α-hetero) is 1. The van der Waals surface area contributed by atoms with Gasteiger partial charge in [-0.05, 0) is 80.5 Å². The third-order valence-electron chi connectivity index (χ3n) is 8.83. The Hall–Kier alpha value is -1.12. The molecule has 4 saturated carbocycles. The molecule has 3 unspecified atom stereocenters. The number of ketones is 1. The Bertz CT molecular complexity index is 650. The number of allylic oxidation sites excluding steroid dienone is 2. The van der Waals surface area contributed by atoms with E-state index < -0.39 is 0 Å². The van der Waals surface area contributed by atoms with Crippen molar-refractivity contribution in [3.63, 3.8) is 0 Å². The molecule has 0 radical (unpaired) electrons. The summed E-state index contributed by atoms with van der Waals surface area (Å²) < 4.78 is 5.53. The molecule has 3 nitrogen and oxygen atoms in total. The van der Waals surface area contributed by atoms with Crippen molar-refractivity contribution in [2.24, 2.45) is 34.5 Å². The van der Waals surface area contributed by atoms with Crippen LogP contribution in [0.1, 0.15) is 79.1 Å². The number of carbonyl (C=O) groups is 2. The van der Waals surface area contributed by atoms with Crippen molar-refractivity contribution in [1.82, 2.24) is 0 Å². The lowest BCUT2D eigenvalue weighted by atomic mass is 9.44. The molecule has 0 aliphatic heterocycles. The first-order chi connectivity index (χ1) is 12.3. The van der Waals surface area contributed by atoms with Gasteiger partial charge in [0.25, 0.3) is 0 Å². The van der Waals surface area contributed by atoms with E-state index in [9.17, 15) is 9.59 Å². The minimum Gasteiger partial charge on any atom is -0.463 e. The van der Waals surface area contributed by atoms with E-state index in [1.807, 2.05) is 0 Å². The Morgan fingerprint density at radius 1 is 1.19 bits per heavy atom. The molecular formula is C23H34O3. The molecule has 7 atom stereocenters. The molecule has 0 amide bonds. The van der Waals surface area contributed by atoms with Gasteiger partial charge in [-0.15, -0.1) is 0 Å². The van der Waals surface area contributed by atoms with Crippen LogP contribution in [0, 0.1) is 34.5 Å². The molecular weight excluding hydrogens is 324 g/mol. The molecule has 0 aromatic rings. The maximum absolute atomic E-state index is 13.4. The standard InChI is InChI=1S/C23H34O3/c1-5-15-7-9-19-18-8-6-16-12-17(26-14(2)24)10-11-22(16,3)21(18)20(25)13-23(15,19)4/h5,16-19,21H,6-13H2,1-4H3/b15-5-/t16-,17+,18?,19?,21?,22+,23-/m1/s1. The average Bonchev–Trinajstić information content (AvgIpc) is 2.90. The summed E-state index contributed by atoms with van der Waals surface area (Å²) in [4.78, 5) is 24.8. The summed E-state index contributed by atoms with van der Waals surface area (Å²) in [6.07, 6.45) is 10.8. The molecule has 4 aliphatic rings. The quantitative estimate of drug-likeness (QED) is 0.484. The molecule has 0 heterocycles. The molecule has 0 aromatic carbocycles. The molecule has 0 N–H and O–H groups in total. The van der Waals surface area contributed by atoms with Crippen molar-refractivity contribution < 1.29 is 14.3 Å². The SMILES string of the molecule is C/C=C1/CCC2C3CC[C@@H]4C[C@@H](OC(C)=O)CC[C@]4(C)C3C(=O)C[C@]12C. The zero-order chi connectivity index (χ0) is 18.7. The number of hydrogen-bond donors (Lipinski definition) is 0. The number of fused-ring (bicyclic) bond motifs is 5. The predicted octanol–water partition coefficient (Wildman–Crippen LogP) is 5.09. The van der Waals surface area contributed by atoms with Gasteiger partial charge in [-0.3, -0.25) is 9.59 Å². The minimum absolute atomic E-state index is 0.0622. The molecule has 0 spiro atoms. The predicted molar refractivity (Wildman–Crippen MR) is 101 cm³/mol. The fourth-order valence-corrected chi connectivity index (χ4v) is 7.70. The summed E-state index contributed by atoms with van der Waals surface area (Å²) in [6.45, 7) is 8.40. The molecule has 3 heteroatoms. The zero-order valence-corrected chi connectivity index (χ0v) is 16.8. The van der Waals surface area contributed by atoms with Gasteiger partial charge in [0, 0.05) is 19.3 Å². The fraction of sp³-hybridized carbons (Fsp3) is 0.826. The van der Waals surface area contributed by atoms with Crippen LogP contribution in [0.15, 0.2) is 11.6 Å². The van der Waals surface area contributed by atoms with Crippen LogP contribution in [0.5, 0.6) is 0 Å². The maximum atomic E-state index is 13.4. The van der Waals surface area contributed by atoms with Crippen LogP contribution in [-0.4, -0.2) is 17.9 Å². The van der Waals surface area contributed by atoms with Gasteiger partial charge in [0.2, 0.25) is 0 Å². The molecule has 4 rings (SSSR count). The summed E-state index contributed by atoms with van der Waals surface area (Å²) in [5.74, 6) is 2.35. The largest absolute Gasteiger partial charge is 0.463 e. The van der Waals surface area contributed by atoms with Crippen LogP contribution < -0.4 is 0 Å². The van der Waals surface area contributed by atoms with Crippen molar-refractivity contribution >= 4 is 11.8 Å². The minimum atomic E-state index is -0.165. The third-order valence-corrected chi connectivity index (χ3v) is 8.83. The Morgan fingerprint density at radius 2 is 1.96 bits per heavy atom. The molecule has 26 heavy (non-hydrogen) atoms. The van der Waals surface area contributed by atoms with Crippen molar-refractivity contribution in [2.45, 2.75) is 85.2 Å². The van der Waals surface area contributed by atoms with Crippen LogP contribution >= 0.6 is 0 Å². The van der Waals surface area contributed by atoms with E-state index in [-0.39, 0.29) is 28.8 Å². The molecule has 4 aliphatic carbocycles. The van der Waals surface area contributed by atoms with Crippen LogP contribution in [0.2, 0.25) is 0 Å². The van der Waals surface area contributed by atoms with Crippen LogP contribution in [0.4, 0.5) is 0 Å². The number of hydrogen-bond acceptors (Lipinski definition) is 3. The number of esters is 1. The third kappa shape index (κ3) is 2.52. The molecule has 4 fully saturated rings. The van der Waals surface area contributed by atoms with Gasteiger partial charge in [0.15, 0.2) is 0 Å². The normalized spacial score (nSPS) is 49.3. The first-order valence-corrected chi connectivity index (χ1v) is 10.6. The summed E-state index contributed by atoms with van der Waals surface area (Å²) in [6, 6.07) is 0. The second kappa shape index (κ2) is 6.21. The Morgan fingerprint density at radius 3 is 2.65 bits per heavy atom. The number of carbonyl (C=O) groups excluding carboxylic acids is 2. The summed E-state index contributed by atoms with van der Waals surface area (Å²) >= 11 is 0. The number of ether oxygens (including phenoxy) is 1. The Kier molecular flexibility index (Phi) is 4.36. The van der Waals surface area contributed by atoms with Gasteiger partial charge in [-0.2, -0.15) is 0 Å². The van der Waals surface area contributed by atoms with Crippen LogP contribution in [0.3, 0.4) is 0 Å². The highest BCUT2D eigenvalue weighted by molar-refractivity contribution is 5.85. The average molecular weight is 359 g/mol. The van der Waals surface area contributed by atoms with Gasteiger partial charge in [-0.25, -0.2) is 0 Å². The number of rotatable bonds is 1. The van der Waals surface area contributed by atoms with Gasteiger partial charge in [0.05, 0.1) is 0 Å². The highest BCUT2D eigenvalue weighted by Gasteiger charge is 2.62. The topological polar surface area (TPSA) is 43.4 Å². The van der Waals surface area contributed by atoms with Crippen LogP contribution in [0.25, 0.3) is 0 Å². The van der Waals surface area contributed by atoms with E-state index in [0.29, 0.717) is 23.5 Å². The molecule has 144 valence electrons. The highest BCUT2D eigenvalue weighted by Crippen LogP contribution is 2.66. The lowest BCUT2D eigenvalue weighted by Crippen LogP contribution is -2.57. The molecule has 0 aromatic heterocycles. The Balaban J connectivity index is 1.61. The van der Waals surface area contributed by atoms with E-state index in [2.05, 4.69) is 26.8 Å². The lowest BCUT2D eigenvalue weighted by Gasteiger charge is -2.59. The molecule has 0 saturated heterocycles. The second-order valence-electron chi connectivity index (χ2n) is 9.95. The first-order valence-electron chi connectivity index (χ1n) is 10.6. The lowest BCUT2D eigenvalue weighted by molar-refractivity contribution is -0.166. The van der Waals surface area contributed by atoms with E-state index in [0.717, 1.165) is 25.7 Å². The summed E-state index contributed by atoms with van der Waals surface area (Å²) in [5, 5.41) is 0. The zero-order valence-electron chi connectivity index (χ0n) is 16.8. The van der Waals surface area contributed by atoms with Gasteiger partial charge in [-0.1, -0.05) is 25.5 Å². The fourth-order valence-electron chi connectivity index (χ4n) is 7.70. The van der Waals surface area contributed by atoms with Gasteiger partial charge < -0.3 is 4.74 Å². The Labute approximate surface area is 157 Å².